The first-order chi connectivity index (χ1) is 13.1. The molecule has 0 N–H and O–H groups in total. The Morgan fingerprint density at radius 3 is 2.52 bits per heavy atom. The molecule has 5 nitrogen and oxygen atoms in total. The maximum atomic E-state index is 12.7. The summed E-state index contributed by atoms with van der Waals surface area (Å²) >= 11 is 1.62. The fourth-order valence-electron chi connectivity index (χ4n) is 3.35. The third-order valence-electron chi connectivity index (χ3n) is 5.06. The molecular formula is C21H24N4OS. The molecule has 3 aromatic rings. The Morgan fingerprint density at radius 1 is 1.11 bits per heavy atom. The number of hydrogen-bond donors (Lipinski definition) is 0. The molecule has 1 aliphatic rings. The molecule has 0 bridgehead atoms. The highest BCUT2D eigenvalue weighted by atomic mass is 32.1. The highest BCUT2D eigenvalue weighted by molar-refractivity contribution is 7.21. The van der Waals surface area contributed by atoms with Crippen LogP contribution in [0.15, 0.2) is 42.6 Å². The third-order valence-corrected chi connectivity index (χ3v) is 6.10. The van der Waals surface area contributed by atoms with Crippen LogP contribution >= 0.6 is 11.3 Å². The average molecular weight is 381 g/mol. The number of nitrogens with zero attached hydrogens (tertiary/aromatic N) is 4. The van der Waals surface area contributed by atoms with Crippen molar-refractivity contribution in [3.8, 4) is 0 Å². The van der Waals surface area contributed by atoms with Crippen molar-refractivity contribution in [2.75, 3.05) is 31.1 Å². The number of anilines is 1. The van der Waals surface area contributed by atoms with Crippen LogP contribution in [0.5, 0.6) is 0 Å². The fraction of sp³-hybridized carbons (Fsp3) is 0.381. The Kier molecular flexibility index (Phi) is 5.07. The van der Waals surface area contributed by atoms with E-state index in [4.69, 9.17) is 0 Å². The van der Waals surface area contributed by atoms with E-state index >= 15 is 0 Å². The van der Waals surface area contributed by atoms with Crippen LogP contribution < -0.4 is 4.90 Å². The number of amides is 1. The molecule has 1 saturated heterocycles. The van der Waals surface area contributed by atoms with Gasteiger partial charge in [-0.05, 0) is 29.2 Å². The number of carbonyl (C=O) groups excluding carboxylic acids is 1. The molecule has 0 saturated carbocycles. The normalized spacial score (nSPS) is 14.9. The highest BCUT2D eigenvalue weighted by Crippen LogP contribution is 2.27. The van der Waals surface area contributed by atoms with Gasteiger partial charge in [0.15, 0.2) is 5.13 Å². The first-order valence-corrected chi connectivity index (χ1v) is 10.2. The van der Waals surface area contributed by atoms with Crippen LogP contribution in [0.3, 0.4) is 0 Å². The van der Waals surface area contributed by atoms with Gasteiger partial charge in [-0.15, -0.1) is 0 Å². The quantitative estimate of drug-likeness (QED) is 0.692. The maximum absolute atomic E-state index is 12.7. The molecule has 3 heterocycles. The third kappa shape index (κ3) is 3.95. The van der Waals surface area contributed by atoms with Crippen molar-refractivity contribution in [1.29, 1.82) is 0 Å². The van der Waals surface area contributed by atoms with Crippen molar-refractivity contribution < 1.29 is 4.79 Å². The second kappa shape index (κ2) is 7.64. The van der Waals surface area contributed by atoms with Crippen LogP contribution in [0.4, 0.5) is 5.13 Å². The van der Waals surface area contributed by atoms with E-state index in [2.05, 4.69) is 53.0 Å². The summed E-state index contributed by atoms with van der Waals surface area (Å²) in [4.78, 5) is 26.9. The minimum Gasteiger partial charge on any atom is -0.344 e. The monoisotopic (exact) mass is 380 g/mol. The van der Waals surface area contributed by atoms with Gasteiger partial charge >= 0.3 is 0 Å². The van der Waals surface area contributed by atoms with Crippen molar-refractivity contribution in [2.24, 2.45) is 0 Å². The summed E-state index contributed by atoms with van der Waals surface area (Å²) in [5, 5.41) is 1.00. The second-order valence-corrected chi connectivity index (χ2v) is 8.22. The van der Waals surface area contributed by atoms with E-state index in [0.29, 0.717) is 12.3 Å². The first-order valence-electron chi connectivity index (χ1n) is 9.43. The summed E-state index contributed by atoms with van der Waals surface area (Å²) in [6.07, 6.45) is 2.28. The molecule has 0 aliphatic carbocycles. The Balaban J connectivity index is 1.34. The predicted molar refractivity (Wildman–Crippen MR) is 110 cm³/mol. The summed E-state index contributed by atoms with van der Waals surface area (Å²) in [7, 11) is 0. The standard InChI is InChI=1S/C21H24N4OS/c1-15(2)17-7-5-16(6-8-17)14-19(26)24-10-12-25(13-11-24)21-23-18-4-3-9-22-20(18)27-21/h3-9,15H,10-14H2,1-2H3. The summed E-state index contributed by atoms with van der Waals surface area (Å²) < 4.78 is 0. The van der Waals surface area contributed by atoms with Crippen LogP contribution in [0, 0.1) is 0 Å². The lowest BCUT2D eigenvalue weighted by molar-refractivity contribution is -0.130. The van der Waals surface area contributed by atoms with Gasteiger partial charge in [0.05, 0.1) is 6.42 Å². The van der Waals surface area contributed by atoms with Crippen molar-refractivity contribution in [3.05, 3.63) is 53.7 Å². The summed E-state index contributed by atoms with van der Waals surface area (Å²) in [6, 6.07) is 12.3. The Morgan fingerprint density at radius 2 is 1.85 bits per heavy atom. The van der Waals surface area contributed by atoms with Crippen molar-refractivity contribution in [3.63, 3.8) is 0 Å². The molecule has 1 aliphatic heterocycles. The van der Waals surface area contributed by atoms with E-state index in [1.807, 2.05) is 17.0 Å². The van der Waals surface area contributed by atoms with Gasteiger partial charge in [0, 0.05) is 32.4 Å². The summed E-state index contributed by atoms with van der Waals surface area (Å²) in [6.45, 7) is 7.48. The lowest BCUT2D eigenvalue weighted by atomic mass is 10.0. The average Bonchev–Trinajstić information content (AvgIpc) is 3.13. The zero-order valence-electron chi connectivity index (χ0n) is 15.8. The number of rotatable bonds is 4. The Labute approximate surface area is 163 Å². The molecule has 0 spiro atoms. The number of fused-ring (bicyclic) bond motifs is 1. The predicted octanol–water partition coefficient (Wildman–Crippen LogP) is 3.71. The van der Waals surface area contributed by atoms with Gasteiger partial charge in [0.1, 0.15) is 10.3 Å². The SMILES string of the molecule is CC(C)c1ccc(CC(=O)N2CCN(c3nc4cccnc4s3)CC2)cc1. The smallest absolute Gasteiger partial charge is 0.227 e. The van der Waals surface area contributed by atoms with E-state index in [9.17, 15) is 4.79 Å². The number of thiazole rings is 1. The Bertz CT molecular complexity index is 894. The molecule has 1 aromatic carbocycles. The van der Waals surface area contributed by atoms with Crippen molar-refractivity contribution in [1.82, 2.24) is 14.9 Å². The zero-order chi connectivity index (χ0) is 18.8. The molecule has 1 fully saturated rings. The lowest BCUT2D eigenvalue weighted by Crippen LogP contribution is -2.49. The van der Waals surface area contributed by atoms with E-state index in [1.54, 1.807) is 17.5 Å². The van der Waals surface area contributed by atoms with Crippen LogP contribution in [0.1, 0.15) is 30.9 Å². The van der Waals surface area contributed by atoms with Gasteiger partial charge in [-0.2, -0.15) is 0 Å². The minimum absolute atomic E-state index is 0.206. The molecule has 6 heteroatoms. The second-order valence-electron chi connectivity index (χ2n) is 7.27. The fourth-order valence-corrected chi connectivity index (χ4v) is 4.31. The molecule has 1 amide bonds. The number of hydrogen-bond acceptors (Lipinski definition) is 5. The van der Waals surface area contributed by atoms with Gasteiger partial charge in [-0.25, -0.2) is 9.97 Å². The van der Waals surface area contributed by atoms with Crippen molar-refractivity contribution in [2.45, 2.75) is 26.2 Å². The highest BCUT2D eigenvalue weighted by Gasteiger charge is 2.23. The lowest BCUT2D eigenvalue weighted by Gasteiger charge is -2.34. The molecule has 0 unspecified atom stereocenters. The molecule has 140 valence electrons. The Hall–Kier alpha value is -2.47. The van der Waals surface area contributed by atoms with E-state index in [-0.39, 0.29) is 5.91 Å². The van der Waals surface area contributed by atoms with Gasteiger partial charge in [-0.3, -0.25) is 4.79 Å². The van der Waals surface area contributed by atoms with Gasteiger partial charge < -0.3 is 9.80 Å². The number of aromatic nitrogens is 2. The van der Waals surface area contributed by atoms with E-state index in [0.717, 1.165) is 47.2 Å². The molecule has 27 heavy (non-hydrogen) atoms. The van der Waals surface area contributed by atoms with E-state index in [1.165, 1.54) is 5.56 Å². The molecule has 0 atom stereocenters. The van der Waals surface area contributed by atoms with Crippen LogP contribution in [-0.2, 0) is 11.2 Å². The number of carbonyl (C=O) groups is 1. The minimum atomic E-state index is 0.206. The molecule has 0 radical (unpaired) electrons. The number of benzene rings is 1. The molecular weight excluding hydrogens is 356 g/mol. The molecule has 2 aromatic heterocycles. The number of piperazine rings is 1. The first kappa shape index (κ1) is 17.9. The maximum Gasteiger partial charge on any atom is 0.227 e. The van der Waals surface area contributed by atoms with Crippen LogP contribution in [-0.4, -0.2) is 47.0 Å². The molecule has 4 rings (SSSR count). The summed E-state index contributed by atoms with van der Waals surface area (Å²) in [5.74, 6) is 0.721. The van der Waals surface area contributed by atoms with Gasteiger partial charge in [0.2, 0.25) is 5.91 Å². The summed E-state index contributed by atoms with van der Waals surface area (Å²) in [5.41, 5.74) is 3.34. The largest absolute Gasteiger partial charge is 0.344 e. The van der Waals surface area contributed by atoms with Gasteiger partial charge in [0.25, 0.3) is 0 Å². The van der Waals surface area contributed by atoms with Crippen molar-refractivity contribution >= 4 is 32.7 Å². The van der Waals surface area contributed by atoms with Crippen LogP contribution in [0.25, 0.3) is 10.3 Å². The zero-order valence-corrected chi connectivity index (χ0v) is 16.6. The van der Waals surface area contributed by atoms with E-state index < -0.39 is 0 Å². The van der Waals surface area contributed by atoms with Gasteiger partial charge in [-0.1, -0.05) is 49.4 Å². The number of pyridine rings is 1. The van der Waals surface area contributed by atoms with Crippen LogP contribution in [0.2, 0.25) is 0 Å². The topological polar surface area (TPSA) is 49.3 Å².